The Morgan fingerprint density at radius 3 is 2.50 bits per heavy atom. The molecule has 2 aromatic rings. The fraction of sp³-hybridized carbons (Fsp3) is 0.222. The normalized spacial score (nSPS) is 10.4. The van der Waals surface area contributed by atoms with Gasteiger partial charge >= 0.3 is 5.97 Å². The van der Waals surface area contributed by atoms with Gasteiger partial charge in [-0.25, -0.2) is 9.78 Å². The zero-order chi connectivity index (χ0) is 11.7. The van der Waals surface area contributed by atoms with Gasteiger partial charge in [-0.1, -0.05) is 0 Å². The zero-order valence-electron chi connectivity index (χ0n) is 8.75. The summed E-state index contributed by atoms with van der Waals surface area (Å²) in [4.78, 5) is 14.7. The van der Waals surface area contributed by atoms with Gasteiger partial charge in [0.2, 0.25) is 0 Å². The Balaban J connectivity index is 2.42. The van der Waals surface area contributed by atoms with Gasteiger partial charge in [-0.15, -0.1) is 15.3 Å². The summed E-state index contributed by atoms with van der Waals surface area (Å²) >= 11 is 0. The minimum Gasteiger partial charge on any atom is -0.476 e. The molecule has 2 rings (SSSR count). The van der Waals surface area contributed by atoms with Crippen LogP contribution in [0.15, 0.2) is 12.1 Å². The third-order valence-electron chi connectivity index (χ3n) is 1.96. The molecule has 0 saturated carbocycles. The lowest BCUT2D eigenvalue weighted by atomic mass is 10.4. The molecule has 0 unspecified atom stereocenters. The van der Waals surface area contributed by atoms with Gasteiger partial charge in [-0.05, 0) is 26.0 Å². The standard InChI is InChI=1S/C9H9N5O2/c1-5-10-6(2)14(13-5)8-4-3-7(9(15)16)11-12-8/h3-4H,1-2H3,(H,15,16). The van der Waals surface area contributed by atoms with Gasteiger partial charge in [0.15, 0.2) is 11.5 Å². The minimum absolute atomic E-state index is 0.0989. The first-order chi connectivity index (χ1) is 7.58. The lowest BCUT2D eigenvalue weighted by Crippen LogP contribution is -2.07. The lowest BCUT2D eigenvalue weighted by Gasteiger charge is -2.00. The van der Waals surface area contributed by atoms with E-state index in [0.717, 1.165) is 0 Å². The van der Waals surface area contributed by atoms with Gasteiger partial charge < -0.3 is 5.11 Å². The Labute approximate surface area is 90.8 Å². The second-order valence-corrected chi connectivity index (χ2v) is 3.20. The summed E-state index contributed by atoms with van der Waals surface area (Å²) in [7, 11) is 0. The number of nitrogens with zero attached hydrogens (tertiary/aromatic N) is 5. The largest absolute Gasteiger partial charge is 0.476 e. The van der Waals surface area contributed by atoms with Gasteiger partial charge in [0, 0.05) is 0 Å². The Morgan fingerprint density at radius 2 is 2.06 bits per heavy atom. The topological polar surface area (TPSA) is 93.8 Å². The van der Waals surface area contributed by atoms with Gasteiger partial charge in [0.1, 0.15) is 11.6 Å². The second-order valence-electron chi connectivity index (χ2n) is 3.20. The molecule has 7 nitrogen and oxygen atoms in total. The van der Waals surface area contributed by atoms with Crippen molar-refractivity contribution in [2.45, 2.75) is 13.8 Å². The average molecular weight is 219 g/mol. The van der Waals surface area contributed by atoms with Crippen LogP contribution in [0.25, 0.3) is 5.82 Å². The SMILES string of the molecule is Cc1nc(C)n(-c2ccc(C(=O)O)nn2)n1. The Kier molecular flexibility index (Phi) is 2.35. The molecule has 0 saturated heterocycles. The van der Waals surface area contributed by atoms with Crippen LogP contribution in [-0.2, 0) is 0 Å². The number of rotatable bonds is 2. The van der Waals surface area contributed by atoms with Crippen LogP contribution < -0.4 is 0 Å². The number of aromatic nitrogens is 5. The molecule has 82 valence electrons. The molecule has 0 fully saturated rings. The molecule has 16 heavy (non-hydrogen) atoms. The number of aromatic carboxylic acids is 1. The first-order valence-electron chi connectivity index (χ1n) is 4.55. The summed E-state index contributed by atoms with van der Waals surface area (Å²) in [6, 6.07) is 2.92. The van der Waals surface area contributed by atoms with Crippen LogP contribution in [0.2, 0.25) is 0 Å². The van der Waals surface area contributed by atoms with Gasteiger partial charge in [0.05, 0.1) is 0 Å². The van der Waals surface area contributed by atoms with Crippen LogP contribution in [0.5, 0.6) is 0 Å². The molecule has 0 aliphatic carbocycles. The summed E-state index contributed by atoms with van der Waals surface area (Å²) in [6.45, 7) is 3.55. The molecule has 0 radical (unpaired) electrons. The maximum Gasteiger partial charge on any atom is 0.356 e. The fourth-order valence-corrected chi connectivity index (χ4v) is 1.29. The molecule has 0 amide bonds. The van der Waals surface area contributed by atoms with E-state index in [9.17, 15) is 4.79 Å². The molecule has 7 heteroatoms. The molecular formula is C9H9N5O2. The van der Waals surface area contributed by atoms with Gasteiger partial charge in [0.25, 0.3) is 0 Å². The van der Waals surface area contributed by atoms with Crippen molar-refractivity contribution in [2.24, 2.45) is 0 Å². The summed E-state index contributed by atoms with van der Waals surface area (Å²) in [5.74, 6) is 0.644. The van der Waals surface area contributed by atoms with Crippen molar-refractivity contribution in [1.29, 1.82) is 0 Å². The van der Waals surface area contributed by atoms with Crippen molar-refractivity contribution in [2.75, 3.05) is 0 Å². The van der Waals surface area contributed by atoms with E-state index >= 15 is 0 Å². The van der Waals surface area contributed by atoms with E-state index in [0.29, 0.717) is 17.5 Å². The highest BCUT2D eigenvalue weighted by Crippen LogP contribution is 2.05. The van der Waals surface area contributed by atoms with E-state index in [1.165, 1.54) is 16.8 Å². The van der Waals surface area contributed by atoms with Crippen molar-refractivity contribution in [3.05, 3.63) is 29.5 Å². The number of carboxylic acids is 1. The molecule has 2 aromatic heterocycles. The number of carboxylic acid groups (broad SMARTS) is 1. The molecular weight excluding hydrogens is 210 g/mol. The highest BCUT2D eigenvalue weighted by atomic mass is 16.4. The zero-order valence-corrected chi connectivity index (χ0v) is 8.75. The highest BCUT2D eigenvalue weighted by molar-refractivity contribution is 5.85. The van der Waals surface area contributed by atoms with E-state index in [1.807, 2.05) is 0 Å². The van der Waals surface area contributed by atoms with Crippen LogP contribution in [0.1, 0.15) is 22.1 Å². The number of aryl methyl sites for hydroxylation is 2. The van der Waals surface area contributed by atoms with E-state index in [4.69, 9.17) is 5.11 Å². The predicted octanol–water partition coefficient (Wildman–Crippen LogP) is 0.372. The monoisotopic (exact) mass is 219 g/mol. The first-order valence-corrected chi connectivity index (χ1v) is 4.55. The van der Waals surface area contributed by atoms with E-state index in [2.05, 4.69) is 20.3 Å². The number of hydrogen-bond donors (Lipinski definition) is 1. The molecule has 0 atom stereocenters. The van der Waals surface area contributed by atoms with Crippen molar-refractivity contribution in [3.63, 3.8) is 0 Å². The molecule has 0 aliphatic rings. The average Bonchev–Trinajstić information content (AvgIpc) is 2.58. The first kappa shape index (κ1) is 10.2. The van der Waals surface area contributed by atoms with Crippen molar-refractivity contribution in [1.82, 2.24) is 25.0 Å². The van der Waals surface area contributed by atoms with Crippen molar-refractivity contribution >= 4 is 5.97 Å². The third kappa shape index (κ3) is 1.74. The Hall–Kier alpha value is -2.31. The molecule has 0 aromatic carbocycles. The molecule has 0 aliphatic heterocycles. The van der Waals surface area contributed by atoms with Crippen LogP contribution >= 0.6 is 0 Å². The number of carbonyl (C=O) groups is 1. The van der Waals surface area contributed by atoms with Gasteiger partial charge in [-0.3, -0.25) is 0 Å². The summed E-state index contributed by atoms with van der Waals surface area (Å²) in [5, 5.41) is 20.1. The van der Waals surface area contributed by atoms with Crippen molar-refractivity contribution in [3.8, 4) is 5.82 Å². The molecule has 1 N–H and O–H groups in total. The smallest absolute Gasteiger partial charge is 0.356 e. The minimum atomic E-state index is -1.11. The third-order valence-corrected chi connectivity index (χ3v) is 1.96. The second kappa shape index (κ2) is 3.69. The Bertz CT molecular complexity index is 531. The van der Waals surface area contributed by atoms with E-state index in [1.54, 1.807) is 13.8 Å². The molecule has 2 heterocycles. The molecule has 0 spiro atoms. The van der Waals surface area contributed by atoms with Crippen LogP contribution in [-0.4, -0.2) is 36.0 Å². The fourth-order valence-electron chi connectivity index (χ4n) is 1.29. The molecule has 0 bridgehead atoms. The van der Waals surface area contributed by atoms with Crippen LogP contribution in [0.4, 0.5) is 0 Å². The highest BCUT2D eigenvalue weighted by Gasteiger charge is 2.09. The van der Waals surface area contributed by atoms with Crippen molar-refractivity contribution < 1.29 is 9.90 Å². The quantitative estimate of drug-likeness (QED) is 0.784. The van der Waals surface area contributed by atoms with Gasteiger partial charge in [-0.2, -0.15) is 4.68 Å². The van der Waals surface area contributed by atoms with E-state index < -0.39 is 5.97 Å². The summed E-state index contributed by atoms with van der Waals surface area (Å²) in [5.41, 5.74) is -0.0989. The summed E-state index contributed by atoms with van der Waals surface area (Å²) in [6.07, 6.45) is 0. The summed E-state index contributed by atoms with van der Waals surface area (Å²) < 4.78 is 1.51. The van der Waals surface area contributed by atoms with Crippen LogP contribution in [0.3, 0.4) is 0 Å². The van der Waals surface area contributed by atoms with E-state index in [-0.39, 0.29) is 5.69 Å². The maximum atomic E-state index is 10.6. The van der Waals surface area contributed by atoms with Crippen LogP contribution in [0, 0.1) is 13.8 Å². The Morgan fingerprint density at radius 1 is 1.31 bits per heavy atom. The number of hydrogen-bond acceptors (Lipinski definition) is 5. The maximum absolute atomic E-state index is 10.6. The predicted molar refractivity (Wildman–Crippen MR) is 53.4 cm³/mol. The lowest BCUT2D eigenvalue weighted by molar-refractivity contribution is 0.0689.